The lowest BCUT2D eigenvalue weighted by Crippen LogP contribution is -2.24. The molecule has 0 aromatic carbocycles. The van der Waals surface area contributed by atoms with Gasteiger partial charge in [0.15, 0.2) is 5.76 Å². The molecule has 1 aliphatic rings. The van der Waals surface area contributed by atoms with Crippen LogP contribution in [-0.2, 0) is 11.2 Å². The van der Waals surface area contributed by atoms with Crippen molar-refractivity contribution in [1.82, 2.24) is 5.16 Å². The van der Waals surface area contributed by atoms with Crippen LogP contribution in [-0.4, -0.2) is 17.2 Å². The van der Waals surface area contributed by atoms with Crippen LogP contribution < -0.4 is 0 Å². The van der Waals surface area contributed by atoms with E-state index in [-0.39, 0.29) is 12.1 Å². The molecule has 0 fully saturated rings. The van der Waals surface area contributed by atoms with Gasteiger partial charge in [0.25, 0.3) is 0 Å². The van der Waals surface area contributed by atoms with Crippen LogP contribution in [0.3, 0.4) is 0 Å². The maximum absolute atomic E-state index is 11.5. The van der Waals surface area contributed by atoms with Gasteiger partial charge in [-0.2, -0.15) is 0 Å². The molecule has 1 aliphatic heterocycles. The van der Waals surface area contributed by atoms with Crippen LogP contribution in [0.25, 0.3) is 6.08 Å². The van der Waals surface area contributed by atoms with Gasteiger partial charge in [0.1, 0.15) is 17.4 Å². The van der Waals surface area contributed by atoms with Gasteiger partial charge < -0.3 is 9.26 Å². The topological polar surface area (TPSA) is 52.3 Å². The fraction of sp³-hybridized carbons (Fsp3) is 0.400. The molecule has 1 aromatic heterocycles. The lowest BCUT2D eigenvalue weighted by molar-refractivity contribution is 0.0280. The maximum Gasteiger partial charge on any atom is 0.344 e. The Labute approximate surface area is 81.5 Å². The Morgan fingerprint density at radius 1 is 1.57 bits per heavy atom. The summed E-state index contributed by atoms with van der Waals surface area (Å²) in [7, 11) is 0. The van der Waals surface area contributed by atoms with Gasteiger partial charge in [-0.3, -0.25) is 0 Å². The van der Waals surface area contributed by atoms with Gasteiger partial charge in [0.05, 0.1) is 0 Å². The first-order valence-corrected chi connectivity index (χ1v) is 4.54. The highest BCUT2D eigenvalue weighted by molar-refractivity contribution is 5.94. The molecule has 0 saturated carbocycles. The standard InChI is InChI=1S/C10H11NO3/c1-3-4-7-9-8(14-11-7)5-6(2)13-10(9)12/h3-4,6H,5H2,1-2H3/b4-3+/t6-/m0/s1. The molecular weight excluding hydrogens is 182 g/mol. The Kier molecular flexibility index (Phi) is 2.11. The number of ether oxygens (including phenoxy) is 1. The zero-order valence-corrected chi connectivity index (χ0v) is 8.11. The van der Waals surface area contributed by atoms with E-state index in [0.717, 1.165) is 0 Å². The van der Waals surface area contributed by atoms with Crippen molar-refractivity contribution in [2.75, 3.05) is 0 Å². The summed E-state index contributed by atoms with van der Waals surface area (Å²) in [5, 5.41) is 3.81. The van der Waals surface area contributed by atoms with Crippen molar-refractivity contribution in [2.24, 2.45) is 0 Å². The minimum absolute atomic E-state index is 0.124. The smallest absolute Gasteiger partial charge is 0.344 e. The van der Waals surface area contributed by atoms with Gasteiger partial charge in [-0.1, -0.05) is 11.2 Å². The predicted molar refractivity (Wildman–Crippen MR) is 49.8 cm³/mol. The molecule has 74 valence electrons. The monoisotopic (exact) mass is 193 g/mol. The quantitative estimate of drug-likeness (QED) is 0.638. The fourth-order valence-electron chi connectivity index (χ4n) is 1.51. The van der Waals surface area contributed by atoms with Crippen LogP contribution in [0.1, 0.15) is 35.7 Å². The minimum atomic E-state index is -0.340. The molecule has 0 bridgehead atoms. The molecule has 0 unspecified atom stereocenters. The Bertz CT molecular complexity index is 392. The highest BCUT2D eigenvalue weighted by atomic mass is 16.5. The number of carbonyl (C=O) groups excluding carboxylic acids is 1. The summed E-state index contributed by atoms with van der Waals surface area (Å²) in [5.41, 5.74) is 1.03. The normalized spacial score (nSPS) is 21.0. The average Bonchev–Trinajstić information content (AvgIpc) is 2.49. The van der Waals surface area contributed by atoms with E-state index in [0.29, 0.717) is 23.4 Å². The molecule has 0 aliphatic carbocycles. The van der Waals surface area contributed by atoms with Crippen molar-refractivity contribution in [3.8, 4) is 0 Å². The zero-order valence-electron chi connectivity index (χ0n) is 8.11. The SMILES string of the molecule is C/C=C/c1noc2c1C(=O)O[C@@H](C)C2. The molecule has 1 atom stereocenters. The first-order chi connectivity index (χ1) is 6.72. The highest BCUT2D eigenvalue weighted by Crippen LogP contribution is 2.24. The molecule has 1 aromatic rings. The van der Waals surface area contributed by atoms with E-state index in [1.54, 1.807) is 6.08 Å². The van der Waals surface area contributed by atoms with E-state index < -0.39 is 0 Å². The number of fused-ring (bicyclic) bond motifs is 1. The molecule has 2 rings (SSSR count). The van der Waals surface area contributed by atoms with Crippen molar-refractivity contribution in [3.05, 3.63) is 23.1 Å². The van der Waals surface area contributed by atoms with Gasteiger partial charge >= 0.3 is 5.97 Å². The number of allylic oxidation sites excluding steroid dienone is 1. The van der Waals surface area contributed by atoms with Crippen molar-refractivity contribution in [3.63, 3.8) is 0 Å². The number of hydrogen-bond donors (Lipinski definition) is 0. The number of nitrogens with zero attached hydrogens (tertiary/aromatic N) is 1. The van der Waals surface area contributed by atoms with E-state index in [4.69, 9.17) is 9.26 Å². The number of carbonyl (C=O) groups is 1. The molecule has 4 nitrogen and oxygen atoms in total. The van der Waals surface area contributed by atoms with Crippen LogP contribution >= 0.6 is 0 Å². The van der Waals surface area contributed by atoms with Crippen molar-refractivity contribution < 1.29 is 14.1 Å². The summed E-state index contributed by atoms with van der Waals surface area (Å²) in [6.45, 7) is 3.69. The summed E-state index contributed by atoms with van der Waals surface area (Å²) in [5.74, 6) is 0.287. The second kappa shape index (κ2) is 3.29. The van der Waals surface area contributed by atoms with E-state index in [9.17, 15) is 4.79 Å². The molecule has 0 spiro atoms. The maximum atomic E-state index is 11.5. The van der Waals surface area contributed by atoms with Crippen molar-refractivity contribution in [1.29, 1.82) is 0 Å². The lowest BCUT2D eigenvalue weighted by Gasteiger charge is -2.16. The lowest BCUT2D eigenvalue weighted by atomic mass is 10.1. The van der Waals surface area contributed by atoms with E-state index >= 15 is 0 Å². The number of esters is 1. The fourth-order valence-corrected chi connectivity index (χ4v) is 1.51. The third kappa shape index (κ3) is 1.32. The molecule has 0 amide bonds. The summed E-state index contributed by atoms with van der Waals surface area (Å²) in [6.07, 6.45) is 4.02. The van der Waals surface area contributed by atoms with Gasteiger partial charge in [-0.05, 0) is 19.9 Å². The third-order valence-corrected chi connectivity index (χ3v) is 2.10. The summed E-state index contributed by atoms with van der Waals surface area (Å²) in [6, 6.07) is 0. The number of hydrogen-bond acceptors (Lipinski definition) is 4. The molecule has 0 saturated heterocycles. The molecule has 2 heterocycles. The summed E-state index contributed by atoms with van der Waals surface area (Å²) >= 11 is 0. The van der Waals surface area contributed by atoms with E-state index in [1.165, 1.54) is 0 Å². The predicted octanol–water partition coefficient (Wildman–Crippen LogP) is 1.81. The second-order valence-corrected chi connectivity index (χ2v) is 3.29. The van der Waals surface area contributed by atoms with Gasteiger partial charge in [-0.15, -0.1) is 0 Å². The molecule has 0 N–H and O–H groups in total. The van der Waals surface area contributed by atoms with Crippen LogP contribution in [0.2, 0.25) is 0 Å². The Morgan fingerprint density at radius 3 is 3.07 bits per heavy atom. The number of rotatable bonds is 1. The largest absolute Gasteiger partial charge is 0.458 e. The van der Waals surface area contributed by atoms with Crippen LogP contribution in [0.15, 0.2) is 10.6 Å². The van der Waals surface area contributed by atoms with E-state index in [1.807, 2.05) is 19.9 Å². The summed E-state index contributed by atoms with van der Waals surface area (Å²) < 4.78 is 10.2. The average molecular weight is 193 g/mol. The number of cyclic esters (lactones) is 1. The van der Waals surface area contributed by atoms with Crippen molar-refractivity contribution in [2.45, 2.75) is 26.4 Å². The van der Waals surface area contributed by atoms with Crippen LogP contribution in [0.4, 0.5) is 0 Å². The molecule has 4 heteroatoms. The molecule has 14 heavy (non-hydrogen) atoms. The molecule has 0 radical (unpaired) electrons. The molecular formula is C10H11NO3. The van der Waals surface area contributed by atoms with Gasteiger partial charge in [-0.25, -0.2) is 4.79 Å². The summed E-state index contributed by atoms with van der Waals surface area (Å²) in [4.78, 5) is 11.5. The second-order valence-electron chi connectivity index (χ2n) is 3.29. The van der Waals surface area contributed by atoms with Crippen LogP contribution in [0, 0.1) is 0 Å². The Hall–Kier alpha value is -1.58. The first kappa shape index (κ1) is 8.99. The first-order valence-electron chi connectivity index (χ1n) is 4.54. The van der Waals surface area contributed by atoms with Gasteiger partial charge in [0, 0.05) is 6.42 Å². The van der Waals surface area contributed by atoms with E-state index in [2.05, 4.69) is 5.16 Å². The van der Waals surface area contributed by atoms with Gasteiger partial charge in [0.2, 0.25) is 0 Å². The minimum Gasteiger partial charge on any atom is -0.458 e. The Balaban J connectivity index is 2.46. The Morgan fingerprint density at radius 2 is 2.36 bits per heavy atom. The highest BCUT2D eigenvalue weighted by Gasteiger charge is 2.30. The van der Waals surface area contributed by atoms with Crippen molar-refractivity contribution >= 4 is 12.0 Å². The number of aromatic nitrogens is 1. The third-order valence-electron chi connectivity index (χ3n) is 2.10. The zero-order chi connectivity index (χ0) is 10.1. The van der Waals surface area contributed by atoms with Crippen LogP contribution in [0.5, 0.6) is 0 Å².